The zero-order valence-electron chi connectivity index (χ0n) is 13.2. The van der Waals surface area contributed by atoms with Gasteiger partial charge in [-0.2, -0.15) is 0 Å². The fourth-order valence-corrected chi connectivity index (χ4v) is 3.19. The van der Waals surface area contributed by atoms with Gasteiger partial charge in [0.2, 0.25) is 5.91 Å². The van der Waals surface area contributed by atoms with E-state index in [1.165, 1.54) is 0 Å². The van der Waals surface area contributed by atoms with E-state index in [2.05, 4.69) is 0 Å². The fourth-order valence-electron chi connectivity index (χ4n) is 2.90. The summed E-state index contributed by atoms with van der Waals surface area (Å²) >= 11 is 11.8. The first-order valence-corrected chi connectivity index (χ1v) is 8.41. The molecule has 2 atom stereocenters. The van der Waals surface area contributed by atoms with Crippen LogP contribution in [0.5, 0.6) is 5.75 Å². The molecule has 2 bridgehead atoms. The third-order valence-corrected chi connectivity index (χ3v) is 5.09. The molecule has 0 aliphatic carbocycles. The molecule has 2 fully saturated rings. The predicted octanol–water partition coefficient (Wildman–Crippen LogP) is 1.69. The van der Waals surface area contributed by atoms with Crippen molar-refractivity contribution in [1.29, 1.82) is 0 Å². The Balaban J connectivity index is 1.64. The number of hydrogen-bond acceptors (Lipinski definition) is 4. The van der Waals surface area contributed by atoms with Gasteiger partial charge in [0.05, 0.1) is 35.2 Å². The Morgan fingerprint density at radius 1 is 1.29 bits per heavy atom. The molecule has 24 heavy (non-hydrogen) atoms. The van der Waals surface area contributed by atoms with Crippen molar-refractivity contribution >= 4 is 35.0 Å². The van der Waals surface area contributed by atoms with E-state index in [0.717, 1.165) is 0 Å². The molecule has 8 heteroatoms. The summed E-state index contributed by atoms with van der Waals surface area (Å²) < 4.78 is 11.0. The molecule has 0 unspecified atom stereocenters. The first-order valence-electron chi connectivity index (χ1n) is 7.65. The summed E-state index contributed by atoms with van der Waals surface area (Å²) in [5, 5.41) is 0.799. The summed E-state index contributed by atoms with van der Waals surface area (Å²) in [7, 11) is 1.76. The number of likely N-dealkylation sites (N-methyl/N-ethyl adjacent to an activating group) is 1. The van der Waals surface area contributed by atoms with Crippen LogP contribution in [-0.2, 0) is 14.3 Å². The molecule has 2 aliphatic rings. The number of ether oxygens (including phenoxy) is 2. The van der Waals surface area contributed by atoms with Crippen LogP contribution in [0.15, 0.2) is 18.2 Å². The second-order valence-corrected chi connectivity index (χ2v) is 6.82. The molecule has 130 valence electrons. The highest BCUT2D eigenvalue weighted by Crippen LogP contribution is 2.26. The van der Waals surface area contributed by atoms with Crippen molar-refractivity contribution in [2.24, 2.45) is 5.92 Å². The lowest BCUT2D eigenvalue weighted by Crippen LogP contribution is -2.46. The molecule has 0 N–H and O–H groups in total. The second kappa shape index (κ2) is 7.17. The summed E-state index contributed by atoms with van der Waals surface area (Å²) in [6.45, 7) is 1.47. The van der Waals surface area contributed by atoms with E-state index in [4.69, 9.17) is 32.7 Å². The van der Waals surface area contributed by atoms with Crippen LogP contribution in [0.2, 0.25) is 10.0 Å². The van der Waals surface area contributed by atoms with Crippen molar-refractivity contribution in [1.82, 2.24) is 9.80 Å². The van der Waals surface area contributed by atoms with E-state index in [0.29, 0.717) is 42.1 Å². The molecule has 2 heterocycles. The number of carbonyl (C=O) groups excluding carboxylic acids is 2. The minimum atomic E-state index is -0.323. The highest BCUT2D eigenvalue weighted by atomic mass is 35.5. The van der Waals surface area contributed by atoms with Gasteiger partial charge in [0.1, 0.15) is 5.75 Å². The number of fused-ring (bicyclic) bond motifs is 3. The molecule has 1 aromatic rings. The van der Waals surface area contributed by atoms with E-state index in [9.17, 15) is 9.59 Å². The summed E-state index contributed by atoms with van der Waals surface area (Å²) in [5.41, 5.74) is 0. The van der Waals surface area contributed by atoms with E-state index in [1.54, 1.807) is 35.0 Å². The SMILES string of the molecule is CN1C(=O)[C@H]2COC[C@@H]1CN(C(=O)COc1ccc(Cl)c(Cl)c1)C2. The Bertz CT molecular complexity index is 655. The van der Waals surface area contributed by atoms with Gasteiger partial charge < -0.3 is 19.3 Å². The third-order valence-electron chi connectivity index (χ3n) is 4.35. The van der Waals surface area contributed by atoms with Crippen molar-refractivity contribution < 1.29 is 19.1 Å². The number of amides is 2. The Morgan fingerprint density at radius 2 is 2.08 bits per heavy atom. The van der Waals surface area contributed by atoms with Gasteiger partial charge >= 0.3 is 0 Å². The van der Waals surface area contributed by atoms with Gasteiger partial charge in [-0.25, -0.2) is 0 Å². The minimum absolute atomic E-state index is 0.0261. The maximum absolute atomic E-state index is 12.5. The van der Waals surface area contributed by atoms with Crippen LogP contribution in [0.25, 0.3) is 0 Å². The number of carbonyl (C=O) groups is 2. The first kappa shape index (κ1) is 17.3. The zero-order chi connectivity index (χ0) is 17.3. The Labute approximate surface area is 150 Å². The summed E-state index contributed by atoms with van der Waals surface area (Å²) in [6.07, 6.45) is 0. The molecule has 6 nitrogen and oxygen atoms in total. The van der Waals surface area contributed by atoms with Crippen molar-refractivity contribution in [3.05, 3.63) is 28.2 Å². The van der Waals surface area contributed by atoms with Crippen molar-refractivity contribution in [2.75, 3.05) is 40.0 Å². The molecule has 3 rings (SSSR count). The fraction of sp³-hybridized carbons (Fsp3) is 0.500. The lowest BCUT2D eigenvalue weighted by molar-refractivity contribution is -0.135. The van der Waals surface area contributed by atoms with Gasteiger partial charge in [0.15, 0.2) is 6.61 Å². The average molecular weight is 373 g/mol. The van der Waals surface area contributed by atoms with Gasteiger partial charge in [-0.05, 0) is 12.1 Å². The van der Waals surface area contributed by atoms with Gasteiger partial charge in [-0.1, -0.05) is 23.2 Å². The molecular formula is C16H18Cl2N2O4. The van der Waals surface area contributed by atoms with Crippen LogP contribution in [-0.4, -0.2) is 67.6 Å². The maximum Gasteiger partial charge on any atom is 0.260 e. The zero-order valence-corrected chi connectivity index (χ0v) is 14.7. The number of hydrogen-bond donors (Lipinski definition) is 0. The van der Waals surface area contributed by atoms with Crippen LogP contribution < -0.4 is 4.74 Å². The quantitative estimate of drug-likeness (QED) is 0.809. The van der Waals surface area contributed by atoms with Crippen LogP contribution in [0, 0.1) is 5.92 Å². The molecule has 0 aromatic heterocycles. The predicted molar refractivity (Wildman–Crippen MR) is 89.4 cm³/mol. The second-order valence-electron chi connectivity index (χ2n) is 6.00. The number of rotatable bonds is 3. The smallest absolute Gasteiger partial charge is 0.260 e. The summed E-state index contributed by atoms with van der Waals surface area (Å²) in [6, 6.07) is 4.72. The molecule has 2 saturated heterocycles. The van der Waals surface area contributed by atoms with Gasteiger partial charge in [0.25, 0.3) is 5.91 Å². The highest BCUT2D eigenvalue weighted by Gasteiger charge is 2.38. The normalized spacial score (nSPS) is 23.9. The molecule has 0 spiro atoms. The van der Waals surface area contributed by atoms with Crippen LogP contribution in [0.4, 0.5) is 0 Å². The Kier molecular flexibility index (Phi) is 5.18. The van der Waals surface area contributed by atoms with Gasteiger partial charge in [-0.15, -0.1) is 0 Å². The van der Waals surface area contributed by atoms with E-state index in [1.807, 2.05) is 0 Å². The summed E-state index contributed by atoms with van der Waals surface area (Å²) in [4.78, 5) is 28.1. The van der Waals surface area contributed by atoms with Gasteiger partial charge in [0, 0.05) is 26.2 Å². The monoisotopic (exact) mass is 372 g/mol. The van der Waals surface area contributed by atoms with Gasteiger partial charge in [-0.3, -0.25) is 9.59 Å². The standard InChI is InChI=1S/C16H18Cl2N2O4/c1-19-11-6-20(5-10(16(19)22)7-23-8-11)15(21)9-24-12-2-3-13(17)14(18)4-12/h2-4,10-11H,5-9H2,1H3/t10-,11+/m1/s1. The molecule has 0 radical (unpaired) electrons. The number of nitrogens with zero attached hydrogens (tertiary/aromatic N) is 2. The largest absolute Gasteiger partial charge is 0.484 e. The maximum atomic E-state index is 12.5. The Hall–Kier alpha value is -1.50. The number of benzene rings is 1. The van der Waals surface area contributed by atoms with Crippen molar-refractivity contribution in [3.63, 3.8) is 0 Å². The summed E-state index contributed by atoms with van der Waals surface area (Å²) in [5.74, 6) is 0.0139. The van der Waals surface area contributed by atoms with Crippen molar-refractivity contribution in [2.45, 2.75) is 6.04 Å². The third kappa shape index (κ3) is 3.61. The Morgan fingerprint density at radius 3 is 2.83 bits per heavy atom. The van der Waals surface area contributed by atoms with E-state index in [-0.39, 0.29) is 30.4 Å². The first-order chi connectivity index (χ1) is 11.5. The van der Waals surface area contributed by atoms with Crippen molar-refractivity contribution in [3.8, 4) is 5.75 Å². The number of halogens is 2. The van der Waals surface area contributed by atoms with E-state index < -0.39 is 0 Å². The van der Waals surface area contributed by atoms with Crippen LogP contribution >= 0.6 is 23.2 Å². The average Bonchev–Trinajstić information content (AvgIpc) is 2.73. The van der Waals surface area contributed by atoms with Crippen LogP contribution in [0.3, 0.4) is 0 Å². The minimum Gasteiger partial charge on any atom is -0.484 e. The molecule has 1 aromatic carbocycles. The van der Waals surface area contributed by atoms with E-state index >= 15 is 0 Å². The van der Waals surface area contributed by atoms with Crippen LogP contribution in [0.1, 0.15) is 0 Å². The topological polar surface area (TPSA) is 59.1 Å². The molecule has 2 aliphatic heterocycles. The lowest BCUT2D eigenvalue weighted by atomic mass is 10.1. The molecule has 2 amide bonds. The molecular weight excluding hydrogens is 355 g/mol. The highest BCUT2D eigenvalue weighted by molar-refractivity contribution is 6.42. The lowest BCUT2D eigenvalue weighted by Gasteiger charge is -2.29. The molecule has 0 saturated carbocycles.